The van der Waals surface area contributed by atoms with Gasteiger partial charge in [0.2, 0.25) is 5.91 Å². The lowest BCUT2D eigenvalue weighted by atomic mass is 10.2. The zero-order valence-corrected chi connectivity index (χ0v) is 18.9. The van der Waals surface area contributed by atoms with Gasteiger partial charge in [0.15, 0.2) is 7.05 Å². The molecule has 0 unspecified atom stereocenters. The minimum atomic E-state index is -0.623. The van der Waals surface area contributed by atoms with Crippen LogP contribution >= 0.6 is 11.3 Å². The molecular formula is C24H19N4O5S+. The lowest BCUT2D eigenvalue weighted by molar-refractivity contribution is -0.427. The fourth-order valence-corrected chi connectivity index (χ4v) is 5.08. The Balaban J connectivity index is 1.65. The van der Waals surface area contributed by atoms with E-state index in [0.29, 0.717) is 31.8 Å². The van der Waals surface area contributed by atoms with Crippen LogP contribution in [-0.4, -0.2) is 26.8 Å². The van der Waals surface area contributed by atoms with E-state index < -0.39 is 17.2 Å². The molecular weight excluding hydrogens is 456 g/mol. The molecule has 0 atom stereocenters. The first kappa shape index (κ1) is 21.5. The number of fused-ring (bicyclic) bond motifs is 3. The number of para-hydroxylation sites is 2. The topological polar surface area (TPSA) is 106 Å². The van der Waals surface area contributed by atoms with Crippen LogP contribution < -0.4 is 16.6 Å². The maximum Gasteiger partial charge on any atom is 0.332 e. The van der Waals surface area contributed by atoms with Gasteiger partial charge in [0.1, 0.15) is 22.7 Å². The Morgan fingerprint density at radius 2 is 1.79 bits per heavy atom. The fourth-order valence-electron chi connectivity index (χ4n) is 3.93. The maximum absolute atomic E-state index is 13.5. The number of aromatic nitrogens is 2. The number of furan rings is 1. The molecule has 5 aromatic rings. The van der Waals surface area contributed by atoms with Crippen molar-refractivity contribution in [1.29, 1.82) is 0 Å². The first-order valence-corrected chi connectivity index (χ1v) is 11.2. The normalized spacial score (nSPS) is 11.2. The van der Waals surface area contributed by atoms with Crippen LogP contribution in [0.1, 0.15) is 5.76 Å². The molecule has 2 aromatic carbocycles. The van der Waals surface area contributed by atoms with Crippen molar-refractivity contribution in [3.8, 4) is 0 Å². The highest BCUT2D eigenvalue weighted by Crippen LogP contribution is 2.31. The fraction of sp³-hybridized carbons (Fsp3) is 0.125. The second-order valence-electron chi connectivity index (χ2n) is 7.68. The summed E-state index contributed by atoms with van der Waals surface area (Å²) in [4.78, 5) is 51.6. The Morgan fingerprint density at radius 1 is 1.03 bits per heavy atom. The van der Waals surface area contributed by atoms with Crippen LogP contribution in [0.2, 0.25) is 0 Å². The van der Waals surface area contributed by atoms with Crippen LogP contribution in [0.4, 0.5) is 11.4 Å². The first-order valence-electron chi connectivity index (χ1n) is 10.4. The summed E-state index contributed by atoms with van der Waals surface area (Å²) in [6.45, 7) is -0.397. The summed E-state index contributed by atoms with van der Waals surface area (Å²) in [6, 6.07) is 17.3. The molecule has 9 nitrogen and oxygen atoms in total. The van der Waals surface area contributed by atoms with Gasteiger partial charge in [0, 0.05) is 25.8 Å². The first-order chi connectivity index (χ1) is 16.4. The van der Waals surface area contributed by atoms with Crippen molar-refractivity contribution < 1.29 is 14.0 Å². The van der Waals surface area contributed by atoms with Crippen molar-refractivity contribution in [2.75, 3.05) is 12.4 Å². The molecule has 3 heterocycles. The van der Waals surface area contributed by atoms with E-state index in [1.807, 2.05) is 24.3 Å². The number of hydrogen-bond donors (Lipinski definition) is 1. The molecule has 0 aliphatic heterocycles. The predicted octanol–water partition coefficient (Wildman–Crippen LogP) is 3.70. The van der Waals surface area contributed by atoms with E-state index in [1.165, 1.54) is 29.2 Å². The van der Waals surface area contributed by atoms with Gasteiger partial charge in [-0.2, -0.15) is 0 Å². The van der Waals surface area contributed by atoms with Gasteiger partial charge in [-0.1, -0.05) is 30.3 Å². The Bertz CT molecular complexity index is 1680. The number of nitroso groups, excluding NO2 is 1. The van der Waals surface area contributed by atoms with Gasteiger partial charge in [-0.25, -0.2) is 4.79 Å². The van der Waals surface area contributed by atoms with Crippen LogP contribution in [0.3, 0.4) is 0 Å². The number of anilines is 1. The van der Waals surface area contributed by atoms with Crippen molar-refractivity contribution in [1.82, 2.24) is 9.13 Å². The summed E-state index contributed by atoms with van der Waals surface area (Å²) < 4.78 is 9.57. The molecule has 1 amide bonds. The summed E-state index contributed by atoms with van der Waals surface area (Å²) in [6.07, 6.45) is 1.47. The van der Waals surface area contributed by atoms with E-state index >= 15 is 0 Å². The zero-order chi connectivity index (χ0) is 23.8. The van der Waals surface area contributed by atoms with Gasteiger partial charge in [-0.3, -0.25) is 18.7 Å². The van der Waals surface area contributed by atoms with E-state index in [1.54, 1.807) is 36.4 Å². The molecule has 170 valence electrons. The Hall–Kier alpha value is -4.31. The van der Waals surface area contributed by atoms with Crippen molar-refractivity contribution >= 4 is 48.9 Å². The lowest BCUT2D eigenvalue weighted by Crippen LogP contribution is -2.41. The summed E-state index contributed by atoms with van der Waals surface area (Å²) in [5, 5.41) is 3.43. The SMILES string of the molecule is C[N+](=O)c1ccccc1NC(=O)Cn1c(=O)n(Cc2ccco2)c(=O)c2sc3ccccc3c21. The van der Waals surface area contributed by atoms with Gasteiger partial charge in [-0.15, -0.1) is 11.3 Å². The summed E-state index contributed by atoms with van der Waals surface area (Å²) in [7, 11) is 1.33. The van der Waals surface area contributed by atoms with Crippen molar-refractivity contribution in [2.24, 2.45) is 0 Å². The highest BCUT2D eigenvalue weighted by Gasteiger charge is 2.22. The standard InChI is InChI=1S/C24H18N4O5S/c1-26(32)18-10-4-3-9-17(18)25-20(29)14-27-21-16-8-2-5-11-19(16)34-22(21)23(30)28(24(27)31)13-15-7-6-12-33-15/h2-12H,13-14H2,1H3/p+1. The number of amides is 1. The molecule has 0 spiro atoms. The average Bonchev–Trinajstić information content (AvgIpc) is 3.47. The Labute approximate surface area is 196 Å². The van der Waals surface area contributed by atoms with E-state index in [9.17, 15) is 19.3 Å². The molecule has 3 aromatic heterocycles. The zero-order valence-electron chi connectivity index (χ0n) is 18.1. The highest BCUT2D eigenvalue weighted by atomic mass is 32.1. The van der Waals surface area contributed by atoms with E-state index in [0.717, 1.165) is 9.27 Å². The molecule has 0 aliphatic rings. The van der Waals surface area contributed by atoms with Gasteiger partial charge in [0.25, 0.3) is 11.2 Å². The molecule has 0 radical (unpaired) electrons. The maximum atomic E-state index is 13.5. The third-order valence-corrected chi connectivity index (χ3v) is 6.60. The largest absolute Gasteiger partial charge is 0.467 e. The number of carbonyl (C=O) groups is 1. The van der Waals surface area contributed by atoms with Crippen LogP contribution in [-0.2, 0) is 17.9 Å². The molecule has 5 rings (SSSR count). The Kier molecular flexibility index (Phi) is 5.42. The number of benzene rings is 2. The second kappa shape index (κ2) is 8.56. The molecule has 0 saturated heterocycles. The number of thiophene rings is 1. The van der Waals surface area contributed by atoms with Crippen molar-refractivity contribution in [3.63, 3.8) is 0 Å². The molecule has 1 N–H and O–H groups in total. The Morgan fingerprint density at radius 3 is 2.56 bits per heavy atom. The second-order valence-corrected chi connectivity index (χ2v) is 8.73. The van der Waals surface area contributed by atoms with Gasteiger partial charge in [0.05, 0.1) is 18.3 Å². The summed E-state index contributed by atoms with van der Waals surface area (Å²) in [5.74, 6) is -0.0562. The summed E-state index contributed by atoms with van der Waals surface area (Å²) in [5.41, 5.74) is -0.0319. The minimum Gasteiger partial charge on any atom is -0.467 e. The highest BCUT2D eigenvalue weighted by molar-refractivity contribution is 7.25. The molecule has 10 heteroatoms. The van der Waals surface area contributed by atoms with Crippen molar-refractivity contribution in [2.45, 2.75) is 13.1 Å². The number of nitrogens with zero attached hydrogens (tertiary/aromatic N) is 3. The molecule has 0 fully saturated rings. The number of hydrogen-bond acceptors (Lipinski definition) is 6. The van der Waals surface area contributed by atoms with Gasteiger partial charge < -0.3 is 9.73 Å². The number of nitrogens with one attached hydrogen (secondary N) is 1. The van der Waals surface area contributed by atoms with E-state index in [4.69, 9.17) is 4.42 Å². The average molecular weight is 476 g/mol. The summed E-state index contributed by atoms with van der Waals surface area (Å²) >= 11 is 1.27. The smallest absolute Gasteiger partial charge is 0.332 e. The van der Waals surface area contributed by atoms with Crippen LogP contribution in [0, 0.1) is 4.91 Å². The van der Waals surface area contributed by atoms with Crippen molar-refractivity contribution in [3.05, 3.63) is 98.4 Å². The number of rotatable bonds is 6. The quantitative estimate of drug-likeness (QED) is 0.377. The molecule has 0 saturated carbocycles. The lowest BCUT2D eigenvalue weighted by Gasteiger charge is -2.12. The van der Waals surface area contributed by atoms with Crippen LogP contribution in [0.25, 0.3) is 20.3 Å². The van der Waals surface area contributed by atoms with Gasteiger partial charge in [-0.05, 0) is 24.3 Å². The van der Waals surface area contributed by atoms with E-state index in [-0.39, 0.29) is 18.8 Å². The monoisotopic (exact) mass is 475 g/mol. The van der Waals surface area contributed by atoms with E-state index in [2.05, 4.69) is 5.32 Å². The predicted molar refractivity (Wildman–Crippen MR) is 130 cm³/mol. The minimum absolute atomic E-state index is 0.0553. The third-order valence-electron chi connectivity index (χ3n) is 5.45. The van der Waals surface area contributed by atoms with Crippen LogP contribution in [0.15, 0.2) is 80.9 Å². The molecule has 0 aliphatic carbocycles. The van der Waals surface area contributed by atoms with Crippen LogP contribution in [0.5, 0.6) is 0 Å². The van der Waals surface area contributed by atoms with Gasteiger partial charge >= 0.3 is 5.69 Å². The number of carbonyl (C=O) groups excluding carboxylic acids is 1. The third kappa shape index (κ3) is 3.73. The molecule has 34 heavy (non-hydrogen) atoms. The molecule has 0 bridgehead atoms.